The third-order valence-corrected chi connectivity index (χ3v) is 23.6. The van der Waals surface area contributed by atoms with Crippen LogP contribution in [0.15, 0.2) is 382 Å². The van der Waals surface area contributed by atoms with E-state index in [0.717, 1.165) is 172 Å². The quantitative estimate of drug-likeness (QED) is 0.128. The summed E-state index contributed by atoms with van der Waals surface area (Å²) in [5.74, 6) is 0.965. The number of rotatable bonds is 10. The number of ether oxygens (including phenoxy) is 1. The summed E-state index contributed by atoms with van der Waals surface area (Å²) < 4.78 is 101. The minimum absolute atomic E-state index is 0.0507. The molecule has 0 atom stereocenters. The van der Waals surface area contributed by atoms with Crippen LogP contribution in [0.25, 0.3) is 166 Å². The highest BCUT2D eigenvalue weighted by molar-refractivity contribution is 6.99. The van der Waals surface area contributed by atoms with E-state index < -0.39 is 24.8 Å². The lowest BCUT2D eigenvalue weighted by atomic mass is 9.34. The minimum atomic E-state index is -0.590. The molecule has 0 aliphatic carbocycles. The zero-order valence-electron chi connectivity index (χ0n) is 70.9. The second-order valence-corrected chi connectivity index (χ2v) is 30.7. The van der Waals surface area contributed by atoms with Crippen molar-refractivity contribution in [2.45, 2.75) is 26.2 Å². The predicted molar refractivity (Wildman–Crippen MR) is 476 cm³/mol. The van der Waals surface area contributed by atoms with Crippen LogP contribution in [0, 0.1) is 0 Å². The van der Waals surface area contributed by atoms with Gasteiger partial charge >= 0.3 is 0 Å². The third-order valence-electron chi connectivity index (χ3n) is 23.6. The number of hydrogen-bond acceptors (Lipinski definition) is 2. The number of benzene rings is 17. The highest BCUT2D eigenvalue weighted by Gasteiger charge is 2.44. The van der Waals surface area contributed by atoms with Crippen molar-refractivity contribution in [2.24, 2.45) is 0 Å². The van der Waals surface area contributed by atoms with Crippen molar-refractivity contribution in [1.82, 2.24) is 18.3 Å². The summed E-state index contributed by atoms with van der Waals surface area (Å²) in [5, 5.41) is 7.67. The van der Waals surface area contributed by atoms with Crippen molar-refractivity contribution in [3.05, 3.63) is 388 Å². The Morgan fingerprint density at radius 2 is 0.788 bits per heavy atom. The summed E-state index contributed by atoms with van der Waals surface area (Å²) in [5.41, 5.74) is 24.7. The molecule has 23 rings (SSSR count). The SMILES string of the molecule is [2H]c1c([2H])c([2H])c(-c2ccc3c(c2)Oc2cc(-c4c(-c5cccc6c7c([2H])c([2H])c([2H])c([2H])c7n(-c7ccccc7)c56)cccc4-n4c5ccccc5c5ccccc54)cc4c2B3c2cc(-c3c(-c5cccc6c5c5ccccc5n6-c5ccccc5)cccc3-n3c5ccccc5c5ccccc53)ccc2N4c2ccc(C(C)(C)C)cc2)c([2H])c1[2H]. The molecule has 0 amide bonds. The van der Waals surface area contributed by atoms with E-state index in [1.165, 1.54) is 0 Å². The maximum atomic E-state index is 9.77. The van der Waals surface area contributed by atoms with E-state index >= 15 is 0 Å². The lowest BCUT2D eigenvalue weighted by Gasteiger charge is -2.41. The normalized spacial score (nSPS) is 13.7. The fraction of sp³-hybridized carbons (Fsp3) is 0.0377. The molecule has 0 saturated carbocycles. The Bertz CT molecular complexity index is 7970. The van der Waals surface area contributed by atoms with Gasteiger partial charge in [-0.15, -0.1) is 0 Å². The molecule has 0 radical (unpaired) electrons. The van der Waals surface area contributed by atoms with Crippen LogP contribution in [0.5, 0.6) is 11.5 Å². The molecule has 0 fully saturated rings. The maximum absolute atomic E-state index is 9.77. The van der Waals surface area contributed by atoms with Gasteiger partial charge in [0.15, 0.2) is 0 Å². The first-order valence-corrected chi connectivity index (χ1v) is 38.5. The van der Waals surface area contributed by atoms with Crippen LogP contribution in [-0.4, -0.2) is 25.0 Å². The Morgan fingerprint density at radius 1 is 0.292 bits per heavy atom. The van der Waals surface area contributed by atoms with Crippen LogP contribution in [0.1, 0.15) is 38.7 Å². The van der Waals surface area contributed by atoms with Gasteiger partial charge in [-0.1, -0.05) is 287 Å². The number of nitrogens with zero attached hydrogens (tertiary/aromatic N) is 5. The average Bonchev–Trinajstić information content (AvgIpc) is 0.960. The zero-order valence-corrected chi connectivity index (χ0v) is 61.9. The summed E-state index contributed by atoms with van der Waals surface area (Å²) in [6.07, 6.45) is 0. The van der Waals surface area contributed by atoms with Gasteiger partial charge in [-0.25, -0.2) is 0 Å². The van der Waals surface area contributed by atoms with Gasteiger partial charge in [0.1, 0.15) is 11.5 Å². The second kappa shape index (κ2) is 25.1. The number of fused-ring (bicyclic) bond motifs is 16. The van der Waals surface area contributed by atoms with E-state index in [1.807, 2.05) is 65.2 Å². The molecule has 2 aliphatic rings. The van der Waals surface area contributed by atoms with E-state index in [2.05, 4.69) is 306 Å². The molecular formula is C106H72BN5O. The molecule has 17 aromatic carbocycles. The van der Waals surface area contributed by atoms with E-state index in [1.54, 1.807) is 0 Å². The van der Waals surface area contributed by atoms with Crippen LogP contribution in [-0.2, 0) is 5.41 Å². The highest BCUT2D eigenvalue weighted by Crippen LogP contribution is 2.52. The topological polar surface area (TPSA) is 32.2 Å². The monoisotopic (exact) mass is 1450 g/mol. The molecule has 113 heavy (non-hydrogen) atoms. The maximum Gasteiger partial charge on any atom is 0.256 e. The molecule has 0 unspecified atom stereocenters. The van der Waals surface area contributed by atoms with Crippen molar-refractivity contribution in [2.75, 3.05) is 4.90 Å². The lowest BCUT2D eigenvalue weighted by Crippen LogP contribution is -2.59. The minimum Gasteiger partial charge on any atom is -0.458 e. The van der Waals surface area contributed by atoms with E-state index in [-0.39, 0.29) is 47.2 Å². The van der Waals surface area contributed by atoms with E-state index in [0.29, 0.717) is 38.9 Å². The lowest BCUT2D eigenvalue weighted by molar-refractivity contribution is 0.488. The van der Waals surface area contributed by atoms with Crippen LogP contribution in [0.4, 0.5) is 17.1 Å². The van der Waals surface area contributed by atoms with Gasteiger partial charge in [0.05, 0.1) is 67.8 Å². The molecule has 6 heterocycles. The molecule has 0 saturated heterocycles. The number of anilines is 3. The van der Waals surface area contributed by atoms with Crippen LogP contribution < -0.4 is 26.0 Å². The van der Waals surface area contributed by atoms with Crippen molar-refractivity contribution in [3.63, 3.8) is 0 Å². The molecule has 4 aromatic heterocycles. The summed E-state index contributed by atoms with van der Waals surface area (Å²) in [6, 6.07) is 113. The molecular weight excluding hydrogens is 1370 g/mol. The van der Waals surface area contributed by atoms with Gasteiger partial charge in [-0.05, 0) is 182 Å². The van der Waals surface area contributed by atoms with Crippen molar-refractivity contribution in [1.29, 1.82) is 0 Å². The number of aromatic nitrogens is 4. The summed E-state index contributed by atoms with van der Waals surface area (Å²) in [4.78, 5) is 2.40. The van der Waals surface area contributed by atoms with Crippen molar-refractivity contribution < 1.29 is 17.1 Å². The fourth-order valence-electron chi connectivity index (χ4n) is 18.8. The predicted octanol–water partition coefficient (Wildman–Crippen LogP) is 26.1. The van der Waals surface area contributed by atoms with Crippen molar-refractivity contribution in [3.8, 4) is 89.9 Å². The van der Waals surface area contributed by atoms with Gasteiger partial charge < -0.3 is 27.9 Å². The average molecular weight is 1450 g/mol. The van der Waals surface area contributed by atoms with Gasteiger partial charge in [-0.3, -0.25) is 0 Å². The van der Waals surface area contributed by atoms with Gasteiger partial charge in [0.25, 0.3) is 6.71 Å². The Hall–Kier alpha value is -14.4. The molecule has 21 aromatic rings. The molecule has 7 heteroatoms. The van der Waals surface area contributed by atoms with Gasteiger partial charge in [0.2, 0.25) is 0 Å². The Labute approximate surface area is 667 Å². The van der Waals surface area contributed by atoms with Crippen LogP contribution >= 0.6 is 0 Å². The van der Waals surface area contributed by atoms with Gasteiger partial charge in [-0.2, -0.15) is 0 Å². The first-order chi connectivity index (χ1) is 59.5. The molecule has 0 bridgehead atoms. The molecule has 0 spiro atoms. The molecule has 2 aliphatic heterocycles. The zero-order chi connectivity index (χ0) is 82.6. The summed E-state index contributed by atoms with van der Waals surface area (Å²) in [7, 11) is 0. The standard InChI is InChI=1S/C106H72BN5O/c1-106(2,3)71-57-59-74(60-58-71)109-94-62-56-69(101-80(41-26-52-95(101)111-89-47-20-13-35-75(89)76-36-14-21-48-90(76)111)81-42-27-54-97-103(81)85-40-18-24-51-93(85)108(97)72-31-9-5-10-32-72)63-87(94)107-86-61-55-68(67-29-7-4-8-30-67)65-99(86)113-100-66-70(64-98(109)104(100)107)102-82(43-28-53-96(102)112-91-49-22-15-37-77(91)78-38-16-23-50-92(78)112)84-45-25-44-83-79-39-17-19-46-88(79)110(105(83)84)73-33-11-6-12-34-73/h4-66H,1-3H3/i4D,7D,8D,17D,19D,29D,30D,39D,46D. The second-order valence-electron chi connectivity index (χ2n) is 30.7. The largest absolute Gasteiger partial charge is 0.458 e. The fourth-order valence-corrected chi connectivity index (χ4v) is 18.8. The first-order valence-electron chi connectivity index (χ1n) is 43.0. The molecule has 6 nitrogen and oxygen atoms in total. The molecule has 530 valence electrons. The number of para-hydroxylation sites is 9. The Morgan fingerprint density at radius 3 is 1.42 bits per heavy atom. The van der Waals surface area contributed by atoms with Crippen molar-refractivity contribution >= 4 is 127 Å². The highest BCUT2D eigenvalue weighted by atomic mass is 16.5. The van der Waals surface area contributed by atoms with Crippen LogP contribution in [0.2, 0.25) is 0 Å². The van der Waals surface area contributed by atoms with E-state index in [4.69, 9.17) is 8.85 Å². The smallest absolute Gasteiger partial charge is 0.256 e. The molecule has 0 N–H and O–H groups in total. The van der Waals surface area contributed by atoms with Gasteiger partial charge in [0, 0.05) is 88.2 Å². The summed E-state index contributed by atoms with van der Waals surface area (Å²) >= 11 is 0. The Kier molecular flexibility index (Phi) is 12.4. The number of hydrogen-bond donors (Lipinski definition) is 0. The first kappa shape index (κ1) is 55.9. The Balaban J connectivity index is 0.849. The third kappa shape index (κ3) is 9.81. The summed E-state index contributed by atoms with van der Waals surface area (Å²) in [6.45, 7) is 6.11. The van der Waals surface area contributed by atoms with Crippen LogP contribution in [0.3, 0.4) is 0 Å². The van der Waals surface area contributed by atoms with E-state index in [9.17, 15) is 8.22 Å².